The number of H-pyrrole nitrogens is 1. The molecule has 1 amide bonds. The van der Waals surface area contributed by atoms with Crippen LogP contribution in [0.3, 0.4) is 0 Å². The van der Waals surface area contributed by atoms with Crippen molar-refractivity contribution in [2.45, 2.75) is 39.4 Å². The second-order valence-corrected chi connectivity index (χ2v) is 9.06. The Labute approximate surface area is 142 Å². The molecular weight excluding hydrogens is 328 g/mol. The molecule has 3 heterocycles. The summed E-state index contributed by atoms with van der Waals surface area (Å²) < 4.78 is 24.4. The molecule has 0 radical (unpaired) electrons. The summed E-state index contributed by atoms with van der Waals surface area (Å²) in [4.78, 5) is 23.7. The Kier molecular flexibility index (Phi) is 4.52. The van der Waals surface area contributed by atoms with Crippen molar-refractivity contribution in [3.63, 3.8) is 0 Å². The van der Waals surface area contributed by atoms with Crippen molar-refractivity contribution in [3.05, 3.63) is 29.4 Å². The fourth-order valence-electron chi connectivity index (χ4n) is 3.56. The van der Waals surface area contributed by atoms with E-state index in [9.17, 15) is 13.2 Å². The summed E-state index contributed by atoms with van der Waals surface area (Å²) >= 11 is 0. The van der Waals surface area contributed by atoms with Crippen LogP contribution in [0.15, 0.2) is 18.0 Å². The van der Waals surface area contributed by atoms with Crippen LogP contribution in [0, 0.1) is 6.92 Å². The number of carbonyl (C=O) groups excluding carboxylic acids is 1. The van der Waals surface area contributed by atoms with Gasteiger partial charge < -0.3 is 9.88 Å². The number of sulfone groups is 1. The third-order valence-electron chi connectivity index (χ3n) is 4.77. The van der Waals surface area contributed by atoms with E-state index < -0.39 is 9.84 Å². The van der Waals surface area contributed by atoms with Crippen LogP contribution in [-0.2, 0) is 21.2 Å². The number of nitrogens with zero attached hydrogens (tertiary/aromatic N) is 3. The molecule has 1 aromatic rings. The number of fused-ring (bicyclic) bond motifs is 1. The molecule has 24 heavy (non-hydrogen) atoms. The smallest absolute Gasteiger partial charge is 0.246 e. The number of carbonyl (C=O) groups is 1. The van der Waals surface area contributed by atoms with Crippen molar-refractivity contribution < 1.29 is 13.2 Å². The van der Waals surface area contributed by atoms with Gasteiger partial charge in [0.05, 0.1) is 29.6 Å². The molecule has 0 bridgehead atoms. The van der Waals surface area contributed by atoms with E-state index in [2.05, 4.69) is 14.9 Å². The van der Waals surface area contributed by atoms with Crippen LogP contribution < -0.4 is 0 Å². The minimum absolute atomic E-state index is 0.0516. The molecule has 8 heteroatoms. The zero-order valence-corrected chi connectivity index (χ0v) is 15.1. The van der Waals surface area contributed by atoms with E-state index in [4.69, 9.17) is 0 Å². The van der Waals surface area contributed by atoms with E-state index >= 15 is 0 Å². The molecule has 2 saturated heterocycles. The first kappa shape index (κ1) is 17.2. The zero-order chi connectivity index (χ0) is 17.5. The molecular formula is C16H24N4O3S. The van der Waals surface area contributed by atoms with Gasteiger partial charge in [-0.2, -0.15) is 0 Å². The largest absolute Gasteiger partial charge is 0.348 e. The van der Waals surface area contributed by atoms with Crippen molar-refractivity contribution in [2.75, 3.05) is 24.6 Å². The van der Waals surface area contributed by atoms with E-state index in [-0.39, 0.29) is 29.5 Å². The van der Waals surface area contributed by atoms with Crippen molar-refractivity contribution in [1.82, 2.24) is 19.8 Å². The van der Waals surface area contributed by atoms with Crippen molar-refractivity contribution in [2.24, 2.45) is 0 Å². The molecule has 2 unspecified atom stereocenters. The molecule has 0 spiro atoms. The number of aromatic nitrogens is 2. The lowest BCUT2D eigenvalue weighted by Crippen LogP contribution is -2.60. The van der Waals surface area contributed by atoms with Gasteiger partial charge in [-0.3, -0.25) is 9.69 Å². The van der Waals surface area contributed by atoms with E-state index in [1.807, 2.05) is 20.8 Å². The van der Waals surface area contributed by atoms with Crippen LogP contribution in [0.4, 0.5) is 0 Å². The summed E-state index contributed by atoms with van der Waals surface area (Å²) in [6, 6.07) is -0.430. The molecule has 0 aliphatic carbocycles. The van der Waals surface area contributed by atoms with E-state index in [0.717, 1.165) is 17.0 Å². The number of hydrogen-bond acceptors (Lipinski definition) is 5. The number of aryl methyl sites for hydroxylation is 1. The van der Waals surface area contributed by atoms with E-state index in [1.54, 1.807) is 17.3 Å². The summed E-state index contributed by atoms with van der Waals surface area (Å²) in [7, 11) is -3.13. The molecule has 2 aliphatic heterocycles. The summed E-state index contributed by atoms with van der Waals surface area (Å²) in [6.07, 6.45) is 3.25. The average Bonchev–Trinajstić information content (AvgIpc) is 3.00. The van der Waals surface area contributed by atoms with Gasteiger partial charge in [0, 0.05) is 37.4 Å². The number of rotatable bonds is 3. The lowest BCUT2D eigenvalue weighted by atomic mass is 10.0. The van der Waals surface area contributed by atoms with Gasteiger partial charge in [-0.15, -0.1) is 0 Å². The molecule has 2 fully saturated rings. The average molecular weight is 352 g/mol. The first-order valence-electron chi connectivity index (χ1n) is 8.15. The maximum absolute atomic E-state index is 12.5. The van der Waals surface area contributed by atoms with Crippen molar-refractivity contribution in [1.29, 1.82) is 0 Å². The first-order valence-corrected chi connectivity index (χ1v) is 9.98. The van der Waals surface area contributed by atoms with Crippen LogP contribution in [0.2, 0.25) is 0 Å². The molecule has 2 atom stereocenters. The molecule has 2 aliphatic rings. The predicted molar refractivity (Wildman–Crippen MR) is 91.1 cm³/mol. The summed E-state index contributed by atoms with van der Waals surface area (Å²) in [5, 5.41) is 0. The number of imidazole rings is 1. The highest BCUT2D eigenvalue weighted by Gasteiger charge is 2.47. The molecule has 132 valence electrons. The molecule has 1 aromatic heterocycles. The number of piperazine rings is 1. The Hall–Kier alpha value is -1.67. The van der Waals surface area contributed by atoms with Gasteiger partial charge in [0.2, 0.25) is 5.91 Å². The van der Waals surface area contributed by atoms with Gasteiger partial charge in [0.15, 0.2) is 9.84 Å². The Bertz CT molecular complexity index is 764. The predicted octanol–water partition coefficient (Wildman–Crippen LogP) is 0.494. The highest BCUT2D eigenvalue weighted by atomic mass is 32.2. The lowest BCUT2D eigenvalue weighted by molar-refractivity contribution is -0.131. The van der Waals surface area contributed by atoms with E-state index in [0.29, 0.717) is 19.6 Å². The maximum atomic E-state index is 12.5. The van der Waals surface area contributed by atoms with E-state index in [1.165, 1.54) is 0 Å². The monoisotopic (exact) mass is 352 g/mol. The minimum Gasteiger partial charge on any atom is -0.348 e. The third kappa shape index (κ3) is 3.39. The SMILES string of the molecule is CC(C)=CC(=O)N1CCN(Cc2nc[nH]c2C)C2CS(=O)(=O)CC21. The van der Waals surface area contributed by atoms with Crippen LogP contribution in [0.1, 0.15) is 25.2 Å². The topological polar surface area (TPSA) is 86.4 Å². The highest BCUT2D eigenvalue weighted by Crippen LogP contribution is 2.28. The number of allylic oxidation sites excluding steroid dienone is 1. The number of amides is 1. The highest BCUT2D eigenvalue weighted by molar-refractivity contribution is 7.91. The van der Waals surface area contributed by atoms with Crippen LogP contribution in [0.5, 0.6) is 0 Å². The molecule has 1 N–H and O–H groups in total. The number of hydrogen-bond donors (Lipinski definition) is 1. The van der Waals surface area contributed by atoms with Crippen LogP contribution in [0.25, 0.3) is 0 Å². The third-order valence-corrected chi connectivity index (χ3v) is 6.47. The van der Waals surface area contributed by atoms with Crippen molar-refractivity contribution >= 4 is 15.7 Å². The molecule has 3 rings (SSSR count). The lowest BCUT2D eigenvalue weighted by Gasteiger charge is -2.43. The van der Waals surface area contributed by atoms with Crippen molar-refractivity contribution in [3.8, 4) is 0 Å². The molecule has 7 nitrogen and oxygen atoms in total. The van der Waals surface area contributed by atoms with Gasteiger partial charge >= 0.3 is 0 Å². The maximum Gasteiger partial charge on any atom is 0.246 e. The summed E-state index contributed by atoms with van der Waals surface area (Å²) in [6.45, 7) is 7.51. The van der Waals surface area contributed by atoms with Gasteiger partial charge in [-0.25, -0.2) is 13.4 Å². The Morgan fingerprint density at radius 2 is 2.04 bits per heavy atom. The van der Waals surface area contributed by atoms with Gasteiger partial charge in [-0.1, -0.05) is 5.57 Å². The Morgan fingerprint density at radius 1 is 1.33 bits per heavy atom. The zero-order valence-electron chi connectivity index (χ0n) is 14.3. The quantitative estimate of drug-likeness (QED) is 0.801. The number of nitrogens with one attached hydrogen (secondary N) is 1. The van der Waals surface area contributed by atoms with Gasteiger partial charge in [-0.05, 0) is 20.8 Å². The minimum atomic E-state index is -3.13. The second kappa shape index (κ2) is 6.33. The normalized spacial score (nSPS) is 26.2. The summed E-state index contributed by atoms with van der Waals surface area (Å²) in [5.41, 5.74) is 2.85. The van der Waals surface area contributed by atoms with Crippen LogP contribution >= 0.6 is 0 Å². The molecule has 0 saturated carbocycles. The first-order chi connectivity index (χ1) is 11.3. The fourth-order valence-corrected chi connectivity index (χ4v) is 5.58. The second-order valence-electron chi connectivity index (χ2n) is 6.91. The van der Waals surface area contributed by atoms with Crippen LogP contribution in [-0.4, -0.2) is 70.8 Å². The van der Waals surface area contributed by atoms with Gasteiger partial charge in [0.1, 0.15) is 0 Å². The Morgan fingerprint density at radius 3 is 2.67 bits per heavy atom. The molecule has 0 aromatic carbocycles. The fraction of sp³-hybridized carbons (Fsp3) is 0.625. The summed E-state index contributed by atoms with van der Waals surface area (Å²) in [5.74, 6) is 0.0770. The number of aromatic amines is 1. The standard InChI is InChI=1S/C16H24N4O3S/c1-11(2)6-16(21)20-5-4-19(7-13-12(3)17-10-18-13)14-8-24(22,23)9-15(14)20/h6,10,14-15H,4-5,7-9H2,1-3H3,(H,17,18). The Balaban J connectivity index is 1.84. The van der Waals surface area contributed by atoms with Gasteiger partial charge in [0.25, 0.3) is 0 Å².